The molecule has 1 aliphatic rings. The number of nitrogens with one attached hydrogen (secondary N) is 1. The van der Waals surface area contributed by atoms with Crippen molar-refractivity contribution in [3.05, 3.63) is 47.7 Å². The Kier molecular flexibility index (Phi) is 4.18. The maximum atomic E-state index is 14.0. The van der Waals surface area contributed by atoms with E-state index in [-0.39, 0.29) is 16.9 Å². The Morgan fingerprint density at radius 1 is 1.35 bits per heavy atom. The van der Waals surface area contributed by atoms with Crippen molar-refractivity contribution in [2.75, 3.05) is 19.0 Å². The summed E-state index contributed by atoms with van der Waals surface area (Å²) in [4.78, 5) is 15.5. The van der Waals surface area contributed by atoms with Crippen LogP contribution in [0.25, 0.3) is 0 Å². The molecule has 2 heterocycles. The van der Waals surface area contributed by atoms with E-state index in [0.717, 1.165) is 19.3 Å². The average molecular weight is 316 g/mol. The number of carbonyl (C=O) groups is 1. The molecule has 23 heavy (non-hydrogen) atoms. The quantitative estimate of drug-likeness (QED) is 0.853. The molecule has 7 heteroatoms. The van der Waals surface area contributed by atoms with Crippen LogP contribution in [-0.2, 0) is 10.2 Å². The lowest BCUT2D eigenvalue weighted by atomic mass is 9.66. The Hall–Kier alpha value is -2.57. The van der Waals surface area contributed by atoms with Gasteiger partial charge in [0.05, 0.1) is 12.8 Å². The lowest BCUT2D eigenvalue weighted by Crippen LogP contribution is -2.42. The third kappa shape index (κ3) is 2.99. The van der Waals surface area contributed by atoms with Crippen LogP contribution >= 0.6 is 0 Å². The second kappa shape index (κ2) is 6.28. The summed E-state index contributed by atoms with van der Waals surface area (Å²) in [5.41, 5.74) is 0.332. The van der Waals surface area contributed by atoms with Gasteiger partial charge in [-0.3, -0.25) is 4.98 Å². The zero-order chi connectivity index (χ0) is 16.3. The second-order valence-corrected chi connectivity index (χ2v) is 5.62. The smallest absolute Gasteiger partial charge is 0.358 e. The molecule has 3 rings (SSSR count). The number of aromatic nitrogens is 3. The molecule has 1 saturated carbocycles. The molecule has 0 unspecified atom stereocenters. The zero-order valence-electron chi connectivity index (χ0n) is 12.8. The van der Waals surface area contributed by atoms with Crippen LogP contribution in [-0.4, -0.2) is 34.8 Å². The molecule has 0 atom stereocenters. The first-order valence-electron chi connectivity index (χ1n) is 7.41. The Bertz CT molecular complexity index is 701. The van der Waals surface area contributed by atoms with E-state index < -0.39 is 5.97 Å². The average Bonchev–Trinajstić information content (AvgIpc) is 2.55. The van der Waals surface area contributed by atoms with Gasteiger partial charge in [-0.15, -0.1) is 10.2 Å². The van der Waals surface area contributed by atoms with Gasteiger partial charge >= 0.3 is 5.97 Å². The van der Waals surface area contributed by atoms with Crippen molar-refractivity contribution >= 4 is 11.8 Å². The Morgan fingerprint density at radius 3 is 2.74 bits per heavy atom. The molecule has 0 saturated heterocycles. The van der Waals surface area contributed by atoms with Crippen molar-refractivity contribution < 1.29 is 13.9 Å². The number of hydrogen-bond acceptors (Lipinski definition) is 6. The molecule has 1 fully saturated rings. The third-order valence-electron chi connectivity index (χ3n) is 4.24. The van der Waals surface area contributed by atoms with Crippen molar-refractivity contribution in [1.29, 1.82) is 0 Å². The Balaban J connectivity index is 1.71. The van der Waals surface area contributed by atoms with Crippen LogP contribution < -0.4 is 5.32 Å². The van der Waals surface area contributed by atoms with E-state index in [1.807, 2.05) is 0 Å². The summed E-state index contributed by atoms with van der Waals surface area (Å²) < 4.78 is 18.6. The number of nitrogens with zero attached hydrogens (tertiary/aromatic N) is 3. The maximum absolute atomic E-state index is 14.0. The highest BCUT2D eigenvalue weighted by atomic mass is 19.1. The predicted octanol–water partition coefficient (Wildman–Crippen LogP) is 2.33. The third-order valence-corrected chi connectivity index (χ3v) is 4.24. The van der Waals surface area contributed by atoms with Gasteiger partial charge in [-0.05, 0) is 37.1 Å². The van der Waals surface area contributed by atoms with Crippen molar-refractivity contribution in [1.82, 2.24) is 15.2 Å². The van der Waals surface area contributed by atoms with E-state index in [4.69, 9.17) is 0 Å². The van der Waals surface area contributed by atoms with Crippen LogP contribution in [0.3, 0.4) is 0 Å². The molecule has 0 radical (unpaired) electrons. The van der Waals surface area contributed by atoms with Gasteiger partial charge in [-0.1, -0.05) is 6.42 Å². The Labute approximate surface area is 133 Å². The fourth-order valence-corrected chi connectivity index (χ4v) is 2.78. The summed E-state index contributed by atoms with van der Waals surface area (Å²) in [6.45, 7) is 0.521. The first-order valence-corrected chi connectivity index (χ1v) is 7.41. The highest BCUT2D eigenvalue weighted by Crippen LogP contribution is 2.43. The van der Waals surface area contributed by atoms with Crippen LogP contribution in [0.4, 0.5) is 10.2 Å². The van der Waals surface area contributed by atoms with Gasteiger partial charge in [0.1, 0.15) is 11.6 Å². The van der Waals surface area contributed by atoms with E-state index in [2.05, 4.69) is 25.2 Å². The van der Waals surface area contributed by atoms with Gasteiger partial charge in [0.2, 0.25) is 0 Å². The zero-order valence-corrected chi connectivity index (χ0v) is 12.8. The molecule has 0 spiro atoms. The first kappa shape index (κ1) is 15.3. The highest BCUT2D eigenvalue weighted by Gasteiger charge is 2.41. The summed E-state index contributed by atoms with van der Waals surface area (Å²) in [7, 11) is 1.29. The monoisotopic (exact) mass is 316 g/mol. The molecule has 0 bridgehead atoms. The number of methoxy groups -OCH3 is 1. The number of carbonyl (C=O) groups excluding carboxylic acids is 1. The number of pyridine rings is 1. The summed E-state index contributed by atoms with van der Waals surface area (Å²) in [5.74, 6) is -0.281. The number of rotatable bonds is 5. The number of hydrogen-bond donors (Lipinski definition) is 1. The van der Waals surface area contributed by atoms with Gasteiger partial charge in [0, 0.05) is 18.2 Å². The molecule has 1 N–H and O–H groups in total. The lowest BCUT2D eigenvalue weighted by Gasteiger charge is -2.41. The maximum Gasteiger partial charge on any atom is 0.358 e. The molecule has 2 aromatic heterocycles. The van der Waals surface area contributed by atoms with Crippen molar-refractivity contribution in [3.8, 4) is 0 Å². The molecule has 0 aromatic carbocycles. The number of anilines is 1. The first-order chi connectivity index (χ1) is 11.1. The number of ether oxygens (including phenoxy) is 1. The minimum atomic E-state index is -0.532. The molecule has 1 aliphatic carbocycles. The minimum absolute atomic E-state index is 0.146. The van der Waals surface area contributed by atoms with E-state index in [9.17, 15) is 9.18 Å². The van der Waals surface area contributed by atoms with Gasteiger partial charge in [0.15, 0.2) is 5.69 Å². The van der Waals surface area contributed by atoms with Gasteiger partial charge in [-0.25, -0.2) is 9.18 Å². The molecule has 6 nitrogen and oxygen atoms in total. The van der Waals surface area contributed by atoms with Gasteiger partial charge < -0.3 is 10.1 Å². The molecule has 0 amide bonds. The van der Waals surface area contributed by atoms with E-state index in [1.54, 1.807) is 18.3 Å². The summed E-state index contributed by atoms with van der Waals surface area (Å²) in [5, 5.41) is 10.9. The largest absolute Gasteiger partial charge is 0.464 e. The minimum Gasteiger partial charge on any atom is -0.464 e. The van der Waals surface area contributed by atoms with Crippen LogP contribution in [0.5, 0.6) is 0 Å². The van der Waals surface area contributed by atoms with Gasteiger partial charge in [0.25, 0.3) is 0 Å². The number of esters is 1. The van der Waals surface area contributed by atoms with Crippen molar-refractivity contribution in [2.24, 2.45) is 0 Å². The topological polar surface area (TPSA) is 77.0 Å². The van der Waals surface area contributed by atoms with Crippen molar-refractivity contribution in [3.63, 3.8) is 0 Å². The van der Waals surface area contributed by atoms with Crippen LogP contribution in [0, 0.1) is 5.82 Å². The summed E-state index contributed by atoms with van der Waals surface area (Å²) in [6, 6.07) is 6.22. The van der Waals surface area contributed by atoms with Gasteiger partial charge in [-0.2, -0.15) is 0 Å². The molecular weight excluding hydrogens is 299 g/mol. The molecule has 2 aromatic rings. The normalized spacial score (nSPS) is 15.6. The van der Waals surface area contributed by atoms with Crippen LogP contribution in [0.15, 0.2) is 30.5 Å². The fraction of sp³-hybridized carbons (Fsp3) is 0.375. The van der Waals surface area contributed by atoms with E-state index in [1.165, 1.54) is 19.2 Å². The summed E-state index contributed by atoms with van der Waals surface area (Å²) in [6.07, 6.45) is 4.41. The summed E-state index contributed by atoms with van der Waals surface area (Å²) >= 11 is 0. The molecule has 120 valence electrons. The number of halogens is 1. The van der Waals surface area contributed by atoms with Crippen LogP contribution in [0.2, 0.25) is 0 Å². The van der Waals surface area contributed by atoms with Crippen LogP contribution in [0.1, 0.15) is 35.4 Å². The standard InChI is InChI=1S/C16H17FN4O2/c1-23-15(22)12-5-6-13(21-20-12)19-10-16(7-3-8-16)14-11(17)4-2-9-18-14/h2,4-6,9H,3,7-8,10H2,1H3,(H,19,21). The Morgan fingerprint density at radius 2 is 2.17 bits per heavy atom. The van der Waals surface area contributed by atoms with Crippen molar-refractivity contribution in [2.45, 2.75) is 24.7 Å². The SMILES string of the molecule is COC(=O)c1ccc(NCC2(c3ncccc3F)CCC2)nn1. The van der Waals surface area contributed by atoms with E-state index in [0.29, 0.717) is 18.1 Å². The second-order valence-electron chi connectivity index (χ2n) is 5.62. The fourth-order valence-electron chi connectivity index (χ4n) is 2.78. The lowest BCUT2D eigenvalue weighted by molar-refractivity contribution is 0.0592. The highest BCUT2D eigenvalue weighted by molar-refractivity contribution is 5.86. The van der Waals surface area contributed by atoms with E-state index >= 15 is 0 Å². The molecule has 0 aliphatic heterocycles. The molecular formula is C16H17FN4O2. The predicted molar refractivity (Wildman–Crippen MR) is 81.6 cm³/mol.